The van der Waals surface area contributed by atoms with E-state index in [1.165, 1.54) is 24.4 Å². The first-order chi connectivity index (χ1) is 24.3. The van der Waals surface area contributed by atoms with Crippen LogP contribution in [-0.2, 0) is 14.4 Å². The Morgan fingerprint density at radius 1 is 0.900 bits per heavy atom. The van der Waals surface area contributed by atoms with Crippen LogP contribution in [0.15, 0.2) is 97.3 Å². The molecule has 0 saturated carbocycles. The second kappa shape index (κ2) is 15.1. The molecule has 2 aliphatic heterocycles. The van der Waals surface area contributed by atoms with Gasteiger partial charge < -0.3 is 24.6 Å². The molecule has 4 aromatic rings. The Bertz CT molecular complexity index is 1930. The molecule has 1 unspecified atom stereocenters. The molecule has 1 aromatic heterocycles. The number of hydrogen-bond donors (Lipinski definition) is 1. The molecule has 2 amide bonds. The van der Waals surface area contributed by atoms with Crippen molar-refractivity contribution in [2.75, 3.05) is 49.5 Å². The highest BCUT2D eigenvalue weighted by atomic mass is 19.1. The predicted molar refractivity (Wildman–Crippen MR) is 185 cm³/mol. The number of amides is 2. The number of fused-ring (bicyclic) bond motifs is 1. The number of nitrogens with one attached hydrogen (secondary N) is 1. The number of piperazine rings is 1. The molecule has 1 atom stereocenters. The van der Waals surface area contributed by atoms with Crippen LogP contribution in [0.4, 0.5) is 15.8 Å². The minimum Gasteiger partial charge on any atom is -0.419 e. The Labute approximate surface area is 288 Å². The van der Waals surface area contributed by atoms with Crippen molar-refractivity contribution in [2.45, 2.75) is 19.9 Å². The Morgan fingerprint density at radius 3 is 2.28 bits per heavy atom. The zero-order valence-electron chi connectivity index (χ0n) is 27.7. The van der Waals surface area contributed by atoms with Gasteiger partial charge in [0.2, 0.25) is 5.91 Å². The largest absolute Gasteiger partial charge is 0.419 e. The van der Waals surface area contributed by atoms with Crippen molar-refractivity contribution in [2.24, 2.45) is 0 Å². The summed E-state index contributed by atoms with van der Waals surface area (Å²) >= 11 is 0. The number of nitrogens with zero attached hydrogens (tertiary/aromatic N) is 4. The highest BCUT2D eigenvalue weighted by Gasteiger charge is 2.33. The van der Waals surface area contributed by atoms with Gasteiger partial charge in [-0.15, -0.1) is 0 Å². The lowest BCUT2D eigenvalue weighted by Gasteiger charge is -2.41. The van der Waals surface area contributed by atoms with Crippen LogP contribution in [0.3, 0.4) is 0 Å². The number of anilines is 2. The van der Waals surface area contributed by atoms with Gasteiger partial charge >= 0.3 is 11.9 Å². The highest BCUT2D eigenvalue weighted by Crippen LogP contribution is 2.42. The third-order valence-electron chi connectivity index (χ3n) is 8.74. The van der Waals surface area contributed by atoms with Crippen LogP contribution in [0.2, 0.25) is 0 Å². The topological polar surface area (TPSA) is 121 Å². The summed E-state index contributed by atoms with van der Waals surface area (Å²) in [6.45, 7) is 7.27. The molecular weight excluding hydrogens is 641 g/mol. The number of likely N-dealkylation sites (N-methyl/N-ethyl adjacent to an activating group) is 1. The average molecular weight is 678 g/mol. The third-order valence-corrected chi connectivity index (χ3v) is 8.74. The number of esters is 2. The second-order valence-corrected chi connectivity index (χ2v) is 11.7. The molecule has 1 fully saturated rings. The van der Waals surface area contributed by atoms with Crippen molar-refractivity contribution in [3.63, 3.8) is 0 Å². The van der Waals surface area contributed by atoms with E-state index in [9.17, 15) is 19.2 Å². The van der Waals surface area contributed by atoms with Gasteiger partial charge in [-0.25, -0.2) is 14.0 Å². The zero-order chi connectivity index (χ0) is 35.2. The molecule has 0 radical (unpaired) electrons. The average Bonchev–Trinajstić information content (AvgIpc) is 3.12. The van der Waals surface area contributed by atoms with Crippen LogP contribution < -0.4 is 19.7 Å². The van der Waals surface area contributed by atoms with Crippen molar-refractivity contribution < 1.29 is 33.0 Å². The summed E-state index contributed by atoms with van der Waals surface area (Å²) < 4.78 is 26.5. The summed E-state index contributed by atoms with van der Waals surface area (Å²) in [5.41, 5.74) is 2.20. The molecule has 0 aliphatic carbocycles. The number of ether oxygens (including phenoxy) is 2. The fourth-order valence-electron chi connectivity index (χ4n) is 6.26. The molecule has 50 heavy (non-hydrogen) atoms. The van der Waals surface area contributed by atoms with E-state index in [1.54, 1.807) is 30.5 Å². The Balaban J connectivity index is 1.20. The summed E-state index contributed by atoms with van der Waals surface area (Å²) in [6, 6.07) is 19.9. The van der Waals surface area contributed by atoms with Crippen LogP contribution in [0.25, 0.3) is 11.1 Å². The lowest BCUT2D eigenvalue weighted by molar-refractivity contribution is -0.137. The molecule has 0 spiro atoms. The zero-order valence-corrected chi connectivity index (χ0v) is 27.7. The number of carbonyl (C=O) groups excluding carboxylic acids is 4. The van der Waals surface area contributed by atoms with Crippen LogP contribution >= 0.6 is 0 Å². The minimum absolute atomic E-state index is 0.0496. The molecule has 256 valence electrons. The van der Waals surface area contributed by atoms with Crippen LogP contribution in [-0.4, -0.2) is 77.8 Å². The van der Waals surface area contributed by atoms with E-state index in [1.807, 2.05) is 54.0 Å². The van der Waals surface area contributed by atoms with Crippen molar-refractivity contribution in [1.82, 2.24) is 14.8 Å². The molecule has 3 aromatic carbocycles. The van der Waals surface area contributed by atoms with Gasteiger partial charge in [-0.05, 0) is 55.8 Å². The highest BCUT2D eigenvalue weighted by molar-refractivity contribution is 6.11. The smallest absolute Gasteiger partial charge is 0.336 e. The lowest BCUT2D eigenvalue weighted by atomic mass is 9.98. The summed E-state index contributed by atoms with van der Waals surface area (Å²) in [4.78, 5) is 61.9. The molecule has 1 saturated heterocycles. The maximum Gasteiger partial charge on any atom is 0.336 e. The van der Waals surface area contributed by atoms with E-state index < -0.39 is 29.7 Å². The molecule has 6 rings (SSSR count). The standard InChI is InChI=1S/C38H36FN5O6/c1-3-42(4-2)38(48)35(25-9-6-5-7-10-25)44-21-19-43(20-22-44)30-14-12-27(23-29(30)39)41-37(47)28-13-15-31-36(34(28)26-11-8-18-40-24-26)50-33(46)17-16-32(45)49-31/h5-18,23-24,35H,3-4,19-22H2,1-2H3,(H,41,47)/b17-16-. The Kier molecular flexibility index (Phi) is 10.3. The second-order valence-electron chi connectivity index (χ2n) is 11.7. The Hall–Kier alpha value is -5.88. The number of halogens is 1. The van der Waals surface area contributed by atoms with Gasteiger partial charge in [0.05, 0.1) is 11.3 Å². The molecule has 0 bridgehead atoms. The van der Waals surface area contributed by atoms with Gasteiger partial charge in [-0.1, -0.05) is 36.4 Å². The maximum atomic E-state index is 15.7. The summed E-state index contributed by atoms with van der Waals surface area (Å²) in [6.07, 6.45) is 4.90. The van der Waals surface area contributed by atoms with Crippen molar-refractivity contribution in [3.8, 4) is 22.6 Å². The maximum absolute atomic E-state index is 15.7. The number of rotatable bonds is 9. The molecule has 2 aliphatic rings. The van der Waals surface area contributed by atoms with E-state index in [4.69, 9.17) is 9.47 Å². The predicted octanol–water partition coefficient (Wildman–Crippen LogP) is 5.25. The van der Waals surface area contributed by atoms with Crippen molar-refractivity contribution >= 4 is 35.1 Å². The molecule has 3 heterocycles. The SMILES string of the molecule is CCN(CC)C(=O)C(c1ccccc1)N1CCN(c2ccc(NC(=O)c3ccc4c(c3-c3cccnc3)OC(=O)/C=C\C(=O)O4)cc2F)CC1. The monoisotopic (exact) mass is 677 g/mol. The first-order valence-electron chi connectivity index (χ1n) is 16.4. The molecule has 12 heteroatoms. The van der Waals surface area contributed by atoms with Crippen molar-refractivity contribution in [3.05, 3.63) is 114 Å². The fraction of sp³-hybridized carbons (Fsp3) is 0.237. The van der Waals surface area contributed by atoms with Crippen LogP contribution in [0, 0.1) is 5.82 Å². The number of pyridine rings is 1. The third kappa shape index (κ3) is 7.25. The summed E-state index contributed by atoms with van der Waals surface area (Å²) in [5, 5.41) is 2.74. The lowest BCUT2D eigenvalue weighted by Crippen LogP contribution is -2.51. The van der Waals surface area contributed by atoms with Gasteiger partial charge in [0, 0.05) is 80.6 Å². The number of aromatic nitrogens is 1. The van der Waals surface area contributed by atoms with Gasteiger partial charge in [-0.2, -0.15) is 0 Å². The summed E-state index contributed by atoms with van der Waals surface area (Å²) in [7, 11) is 0. The van der Waals surface area contributed by atoms with E-state index in [0.29, 0.717) is 50.5 Å². The minimum atomic E-state index is -0.824. The quantitative estimate of drug-likeness (QED) is 0.187. The number of hydrogen-bond acceptors (Lipinski definition) is 9. The van der Waals surface area contributed by atoms with E-state index in [2.05, 4.69) is 15.2 Å². The summed E-state index contributed by atoms with van der Waals surface area (Å²) in [5.74, 6) is -2.86. The molecule has 11 nitrogen and oxygen atoms in total. The van der Waals surface area contributed by atoms with Gasteiger partial charge in [-0.3, -0.25) is 19.5 Å². The van der Waals surface area contributed by atoms with E-state index in [0.717, 1.165) is 17.7 Å². The Morgan fingerprint density at radius 2 is 1.62 bits per heavy atom. The van der Waals surface area contributed by atoms with Gasteiger partial charge in [0.1, 0.15) is 11.9 Å². The fourth-order valence-corrected chi connectivity index (χ4v) is 6.26. The number of carbonyl (C=O) groups is 4. The molecular formula is C38H36FN5O6. The van der Waals surface area contributed by atoms with Crippen LogP contribution in [0.5, 0.6) is 11.5 Å². The van der Waals surface area contributed by atoms with E-state index in [-0.39, 0.29) is 34.2 Å². The van der Waals surface area contributed by atoms with Crippen LogP contribution in [0.1, 0.15) is 35.8 Å². The van der Waals surface area contributed by atoms with Crippen molar-refractivity contribution in [1.29, 1.82) is 0 Å². The van der Waals surface area contributed by atoms with Gasteiger partial charge in [0.25, 0.3) is 5.91 Å². The normalized spacial score (nSPS) is 15.9. The first kappa shape index (κ1) is 34.0. The molecule has 1 N–H and O–H groups in total. The van der Waals surface area contributed by atoms with Gasteiger partial charge in [0.15, 0.2) is 11.5 Å². The van der Waals surface area contributed by atoms with E-state index >= 15 is 4.39 Å². The number of benzene rings is 3. The first-order valence-corrected chi connectivity index (χ1v) is 16.4.